The molecule has 0 fully saturated rings. The number of hydrogen-bond acceptors (Lipinski definition) is 6. The largest absolute Gasteiger partial charge is 0.470 e. The minimum Gasteiger partial charge on any atom is -0.393 e. The van der Waals surface area contributed by atoms with E-state index in [-0.39, 0.29) is 5.69 Å². The van der Waals surface area contributed by atoms with E-state index in [9.17, 15) is 18.9 Å². The zero-order valence-electron chi connectivity index (χ0n) is 9.19. The molecule has 0 unspecified atom stereocenters. The average molecular weight is 295 g/mol. The molecule has 11 nitrogen and oxygen atoms in total. The summed E-state index contributed by atoms with van der Waals surface area (Å²) >= 11 is 0. The Labute approximate surface area is 104 Å². The van der Waals surface area contributed by atoms with Crippen molar-refractivity contribution >= 4 is 19.4 Å². The van der Waals surface area contributed by atoms with Crippen LogP contribution in [0.4, 0.5) is 5.69 Å². The summed E-state index contributed by atoms with van der Waals surface area (Å²) in [6, 6.07) is 0. The molecule has 0 bridgehead atoms. The Bertz CT molecular complexity index is 615. The molecule has 0 spiro atoms. The fourth-order valence-corrected chi connectivity index (χ4v) is 1.54. The van der Waals surface area contributed by atoms with E-state index >= 15 is 0 Å². The molecule has 1 atom stereocenters. The SMILES string of the molecule is O=C(Nc1c[nH]c(=O)[nH]c1=O)[C@@H](CO)OP(=O)(O)O. The van der Waals surface area contributed by atoms with Gasteiger partial charge in [-0.05, 0) is 0 Å². The Hall–Kier alpha value is -1.78. The number of carbonyl (C=O) groups excluding carboxylic acids is 1. The van der Waals surface area contributed by atoms with E-state index in [1.165, 1.54) is 0 Å². The van der Waals surface area contributed by atoms with Crippen LogP contribution in [0.25, 0.3) is 0 Å². The Morgan fingerprint density at radius 2 is 2.11 bits per heavy atom. The number of H-pyrrole nitrogens is 2. The standard InChI is InChI=1S/C7H10N3O8P/c11-2-4(18-19(15,16)17)6(13)9-3-1-8-7(14)10-5(3)12/h1,4,11H,2H2,(H,9,13)(H2,15,16,17)(H2,8,10,12,14)/t4-/m1/s1. The van der Waals surface area contributed by atoms with Gasteiger partial charge in [0.2, 0.25) is 0 Å². The number of aromatic nitrogens is 2. The molecular weight excluding hydrogens is 285 g/mol. The first-order valence-corrected chi connectivity index (χ1v) is 6.23. The lowest BCUT2D eigenvalue weighted by Gasteiger charge is -2.14. The van der Waals surface area contributed by atoms with Crippen LogP contribution in [0.15, 0.2) is 15.8 Å². The van der Waals surface area contributed by atoms with Gasteiger partial charge in [-0.25, -0.2) is 9.36 Å². The van der Waals surface area contributed by atoms with Crippen LogP contribution < -0.4 is 16.6 Å². The van der Waals surface area contributed by atoms with Gasteiger partial charge in [0.15, 0.2) is 6.10 Å². The molecule has 1 aromatic rings. The molecule has 1 rings (SSSR count). The van der Waals surface area contributed by atoms with Gasteiger partial charge in [0.25, 0.3) is 11.5 Å². The smallest absolute Gasteiger partial charge is 0.393 e. The van der Waals surface area contributed by atoms with Crippen LogP contribution in [-0.2, 0) is 13.9 Å². The Morgan fingerprint density at radius 1 is 1.47 bits per heavy atom. The van der Waals surface area contributed by atoms with E-state index < -0.39 is 37.7 Å². The molecule has 0 saturated carbocycles. The van der Waals surface area contributed by atoms with E-state index in [0.29, 0.717) is 0 Å². The summed E-state index contributed by atoms with van der Waals surface area (Å²) in [5.74, 6) is -1.16. The van der Waals surface area contributed by atoms with Gasteiger partial charge in [-0.2, -0.15) is 0 Å². The maximum atomic E-state index is 11.5. The Balaban J connectivity index is 2.86. The van der Waals surface area contributed by atoms with E-state index in [2.05, 4.69) is 9.51 Å². The van der Waals surface area contributed by atoms with Crippen LogP contribution in [0.3, 0.4) is 0 Å². The van der Waals surface area contributed by atoms with Crippen molar-refractivity contribution in [1.29, 1.82) is 0 Å². The molecule has 1 heterocycles. The second kappa shape index (κ2) is 5.91. The summed E-state index contributed by atoms with van der Waals surface area (Å²) in [4.78, 5) is 54.3. The monoisotopic (exact) mass is 295 g/mol. The summed E-state index contributed by atoms with van der Waals surface area (Å²) in [6.45, 7) is -1.02. The number of amides is 1. The normalized spacial score (nSPS) is 13.0. The van der Waals surface area contributed by atoms with Gasteiger partial charge in [-0.1, -0.05) is 0 Å². The number of anilines is 1. The van der Waals surface area contributed by atoms with Gasteiger partial charge in [0, 0.05) is 6.20 Å². The van der Waals surface area contributed by atoms with Crippen molar-refractivity contribution in [2.45, 2.75) is 6.10 Å². The van der Waals surface area contributed by atoms with Crippen molar-refractivity contribution in [3.05, 3.63) is 27.0 Å². The molecule has 19 heavy (non-hydrogen) atoms. The van der Waals surface area contributed by atoms with E-state index in [1.54, 1.807) is 0 Å². The third kappa shape index (κ3) is 4.77. The first-order chi connectivity index (χ1) is 8.73. The van der Waals surface area contributed by atoms with Crippen LogP contribution in [0.2, 0.25) is 0 Å². The Morgan fingerprint density at radius 3 is 2.58 bits per heavy atom. The van der Waals surface area contributed by atoms with Crippen LogP contribution in [0.5, 0.6) is 0 Å². The van der Waals surface area contributed by atoms with Gasteiger partial charge in [0.1, 0.15) is 5.69 Å². The fraction of sp³-hybridized carbons (Fsp3) is 0.286. The zero-order chi connectivity index (χ0) is 14.6. The summed E-state index contributed by atoms with van der Waals surface area (Å²) in [5.41, 5.74) is -2.10. The molecule has 0 aliphatic heterocycles. The van der Waals surface area contributed by atoms with Gasteiger partial charge >= 0.3 is 13.5 Å². The number of aliphatic hydroxyl groups is 1. The molecule has 0 aromatic carbocycles. The molecule has 1 amide bonds. The second-order valence-corrected chi connectivity index (χ2v) is 4.43. The number of aromatic amines is 2. The van der Waals surface area contributed by atoms with E-state index in [0.717, 1.165) is 6.20 Å². The first-order valence-electron chi connectivity index (χ1n) is 4.70. The van der Waals surface area contributed by atoms with Gasteiger partial charge in [0.05, 0.1) is 6.61 Å². The van der Waals surface area contributed by atoms with Crippen LogP contribution in [0.1, 0.15) is 0 Å². The third-order valence-corrected chi connectivity index (χ3v) is 2.33. The molecule has 106 valence electrons. The maximum absolute atomic E-state index is 11.5. The van der Waals surface area contributed by atoms with Crippen molar-refractivity contribution in [3.63, 3.8) is 0 Å². The highest BCUT2D eigenvalue weighted by Crippen LogP contribution is 2.37. The molecule has 0 radical (unpaired) electrons. The summed E-state index contributed by atoms with van der Waals surface area (Å²) in [5, 5.41) is 10.7. The van der Waals surface area contributed by atoms with Gasteiger partial charge in [-0.3, -0.25) is 19.1 Å². The van der Waals surface area contributed by atoms with Gasteiger partial charge in [-0.15, -0.1) is 0 Å². The van der Waals surface area contributed by atoms with Gasteiger partial charge < -0.3 is 25.2 Å². The fourth-order valence-electron chi connectivity index (χ4n) is 1.05. The van der Waals surface area contributed by atoms with Crippen LogP contribution in [-0.4, -0.2) is 43.5 Å². The van der Waals surface area contributed by atoms with Crippen molar-refractivity contribution in [2.75, 3.05) is 11.9 Å². The summed E-state index contributed by atoms with van der Waals surface area (Å²) < 4.78 is 14.5. The summed E-state index contributed by atoms with van der Waals surface area (Å²) in [7, 11) is -4.98. The molecule has 0 aliphatic carbocycles. The molecule has 1 aromatic heterocycles. The number of carbonyl (C=O) groups is 1. The molecule has 0 saturated heterocycles. The highest BCUT2D eigenvalue weighted by Gasteiger charge is 2.28. The number of rotatable bonds is 5. The lowest BCUT2D eigenvalue weighted by molar-refractivity contribution is -0.125. The van der Waals surface area contributed by atoms with Crippen molar-refractivity contribution in [1.82, 2.24) is 9.97 Å². The average Bonchev–Trinajstić information content (AvgIpc) is 2.28. The lowest BCUT2D eigenvalue weighted by atomic mass is 10.3. The molecular formula is C7H10N3O8P. The minimum absolute atomic E-state index is 0.377. The topological polar surface area (TPSA) is 182 Å². The molecule has 0 aliphatic rings. The third-order valence-electron chi connectivity index (χ3n) is 1.80. The first kappa shape index (κ1) is 15.3. The molecule has 6 N–H and O–H groups in total. The van der Waals surface area contributed by atoms with Crippen LogP contribution >= 0.6 is 7.82 Å². The predicted octanol–water partition coefficient (Wildman–Crippen LogP) is -2.53. The quantitative estimate of drug-likeness (QED) is 0.321. The van der Waals surface area contributed by atoms with Crippen molar-refractivity contribution < 1.29 is 28.8 Å². The second-order valence-electron chi connectivity index (χ2n) is 3.24. The van der Waals surface area contributed by atoms with E-state index in [1.807, 2.05) is 10.3 Å². The number of phosphoric ester groups is 1. The number of hydrogen-bond donors (Lipinski definition) is 6. The van der Waals surface area contributed by atoms with E-state index in [4.69, 9.17) is 14.9 Å². The highest BCUT2D eigenvalue weighted by atomic mass is 31.2. The predicted molar refractivity (Wildman–Crippen MR) is 60.3 cm³/mol. The van der Waals surface area contributed by atoms with Crippen LogP contribution in [0, 0.1) is 0 Å². The number of nitrogens with one attached hydrogen (secondary N) is 3. The van der Waals surface area contributed by atoms with Crippen molar-refractivity contribution in [2.24, 2.45) is 0 Å². The summed E-state index contributed by atoms with van der Waals surface area (Å²) in [6.07, 6.45) is -0.988. The minimum atomic E-state index is -4.98. The Kier molecular flexibility index (Phi) is 4.75. The molecule has 12 heteroatoms. The maximum Gasteiger partial charge on any atom is 0.470 e. The number of phosphoric acid groups is 1. The van der Waals surface area contributed by atoms with Crippen molar-refractivity contribution in [3.8, 4) is 0 Å². The lowest BCUT2D eigenvalue weighted by Crippen LogP contribution is -2.35. The zero-order valence-corrected chi connectivity index (χ0v) is 10.1. The number of aliphatic hydroxyl groups excluding tert-OH is 1. The highest BCUT2D eigenvalue weighted by molar-refractivity contribution is 7.46.